The van der Waals surface area contributed by atoms with Crippen LogP contribution in [0.2, 0.25) is 15.1 Å². The molecule has 14 heteroatoms. The van der Waals surface area contributed by atoms with E-state index in [1.165, 1.54) is 11.6 Å². The summed E-state index contributed by atoms with van der Waals surface area (Å²) >= 11 is 21.5. The zero-order valence-electron chi connectivity index (χ0n) is 16.4. The number of aryl methyl sites for hydroxylation is 1. The van der Waals surface area contributed by atoms with Crippen LogP contribution in [-0.2, 0) is 12.7 Å². The summed E-state index contributed by atoms with van der Waals surface area (Å²) in [5, 5.41) is 11.1. The van der Waals surface area contributed by atoms with E-state index in [-0.39, 0.29) is 28.7 Å². The highest BCUT2D eigenvalue weighted by atomic mass is 79.9. The van der Waals surface area contributed by atoms with Gasteiger partial charge in [-0.2, -0.15) is 23.4 Å². The normalized spacial score (nSPS) is 11.9. The smallest absolute Gasteiger partial charge is 0.303 e. The highest BCUT2D eigenvalue weighted by Crippen LogP contribution is 2.33. The first kappa shape index (κ1) is 23.8. The lowest BCUT2D eigenvalue weighted by molar-refractivity contribution is -0.142. The van der Waals surface area contributed by atoms with Gasteiger partial charge in [-0.15, -0.1) is 0 Å². The van der Waals surface area contributed by atoms with Crippen LogP contribution in [0.15, 0.2) is 34.9 Å². The van der Waals surface area contributed by atoms with E-state index >= 15 is 0 Å². The van der Waals surface area contributed by atoms with Crippen LogP contribution in [0, 0.1) is 6.92 Å². The zero-order valence-corrected chi connectivity index (χ0v) is 20.2. The summed E-state index contributed by atoms with van der Waals surface area (Å²) < 4.78 is 42.6. The number of nitrogens with zero attached hydrogens (tertiary/aromatic N) is 5. The number of fused-ring (bicyclic) bond motifs is 1. The van der Waals surface area contributed by atoms with Crippen LogP contribution in [0.1, 0.15) is 27.4 Å². The van der Waals surface area contributed by atoms with E-state index in [1.807, 2.05) is 0 Å². The molecule has 1 N–H and O–H groups in total. The number of rotatable bonds is 4. The van der Waals surface area contributed by atoms with Gasteiger partial charge in [0.15, 0.2) is 17.2 Å². The van der Waals surface area contributed by atoms with Gasteiger partial charge in [-0.3, -0.25) is 9.48 Å². The highest BCUT2D eigenvalue weighted by Gasteiger charge is 2.36. The number of carbonyl (C=O) groups excluding carboxylic acids is 1. The molecular formula is C19H11BrCl3F3N6O. The molecule has 7 nitrogen and oxygen atoms in total. The number of hydrogen-bond donors (Lipinski definition) is 1. The standard InChI is InChI=1S/C19H11BrCl3F3N6O/c1-8-4-13(19(24,25)26)32-17(27-8)14(23)15(29-32)18(33)28-16-11(20)7-31(30-16)6-9-2-3-10(21)5-12(9)22/h2-5,7H,6H2,1H3,(H,28,30,33). The Morgan fingerprint density at radius 2 is 1.91 bits per heavy atom. The summed E-state index contributed by atoms with van der Waals surface area (Å²) in [4.78, 5) is 16.8. The van der Waals surface area contributed by atoms with Crippen molar-refractivity contribution in [2.45, 2.75) is 19.6 Å². The van der Waals surface area contributed by atoms with Crippen LogP contribution >= 0.6 is 50.7 Å². The lowest BCUT2D eigenvalue weighted by atomic mass is 10.2. The number of benzene rings is 1. The Balaban J connectivity index is 1.63. The molecule has 0 unspecified atom stereocenters. The number of anilines is 1. The maximum Gasteiger partial charge on any atom is 0.433 e. The van der Waals surface area contributed by atoms with Gasteiger partial charge < -0.3 is 5.32 Å². The van der Waals surface area contributed by atoms with E-state index in [4.69, 9.17) is 34.8 Å². The van der Waals surface area contributed by atoms with Crippen molar-refractivity contribution in [3.8, 4) is 0 Å². The van der Waals surface area contributed by atoms with Gasteiger partial charge in [0.25, 0.3) is 5.91 Å². The molecule has 0 bridgehead atoms. The Morgan fingerprint density at radius 1 is 1.18 bits per heavy atom. The number of nitrogens with one attached hydrogen (secondary N) is 1. The fourth-order valence-electron chi connectivity index (χ4n) is 3.01. The van der Waals surface area contributed by atoms with Crippen LogP contribution < -0.4 is 5.32 Å². The van der Waals surface area contributed by atoms with Gasteiger partial charge in [-0.1, -0.05) is 40.9 Å². The zero-order chi connectivity index (χ0) is 24.1. The van der Waals surface area contributed by atoms with E-state index in [0.717, 1.165) is 11.6 Å². The number of hydrogen-bond acceptors (Lipinski definition) is 4. The van der Waals surface area contributed by atoms with Crippen molar-refractivity contribution in [2.75, 3.05) is 5.32 Å². The van der Waals surface area contributed by atoms with Crippen LogP contribution in [-0.4, -0.2) is 30.3 Å². The van der Waals surface area contributed by atoms with Crippen LogP contribution in [0.3, 0.4) is 0 Å². The molecule has 1 aromatic carbocycles. The van der Waals surface area contributed by atoms with Crippen LogP contribution in [0.5, 0.6) is 0 Å². The first-order valence-electron chi connectivity index (χ1n) is 9.05. The number of carbonyl (C=O) groups is 1. The van der Waals surface area contributed by atoms with E-state index < -0.39 is 23.5 Å². The molecule has 3 aromatic heterocycles. The molecule has 0 fully saturated rings. The third-order valence-corrected chi connectivity index (χ3v) is 5.98. The molecule has 0 saturated heterocycles. The van der Waals surface area contributed by atoms with Gasteiger partial charge in [0.05, 0.1) is 11.0 Å². The van der Waals surface area contributed by atoms with Gasteiger partial charge in [-0.05, 0) is 46.6 Å². The second-order valence-corrected chi connectivity index (χ2v) is 8.97. The van der Waals surface area contributed by atoms with Crippen LogP contribution in [0.25, 0.3) is 5.65 Å². The van der Waals surface area contributed by atoms with E-state index in [9.17, 15) is 18.0 Å². The maximum atomic E-state index is 13.4. The summed E-state index contributed by atoms with van der Waals surface area (Å²) in [5.41, 5.74) is -1.00. The molecule has 0 aliphatic rings. The highest BCUT2D eigenvalue weighted by molar-refractivity contribution is 9.10. The van der Waals surface area contributed by atoms with Crippen molar-refractivity contribution >= 4 is 68.1 Å². The van der Waals surface area contributed by atoms with Crippen molar-refractivity contribution in [2.24, 2.45) is 0 Å². The van der Waals surface area contributed by atoms with Gasteiger partial charge in [0.2, 0.25) is 0 Å². The Kier molecular flexibility index (Phi) is 6.34. The Morgan fingerprint density at radius 3 is 2.58 bits per heavy atom. The largest absolute Gasteiger partial charge is 0.433 e. The Bertz CT molecular complexity index is 1400. The number of amides is 1. The minimum absolute atomic E-state index is 0.0749. The molecule has 33 heavy (non-hydrogen) atoms. The molecule has 0 saturated carbocycles. The summed E-state index contributed by atoms with van der Waals surface area (Å²) in [7, 11) is 0. The molecule has 3 heterocycles. The predicted octanol–water partition coefficient (Wildman–Crippen LogP) is 6.28. The van der Waals surface area contributed by atoms with Crippen molar-refractivity contribution in [3.05, 3.63) is 72.6 Å². The maximum absolute atomic E-state index is 13.4. The first-order valence-corrected chi connectivity index (χ1v) is 11.0. The SMILES string of the molecule is Cc1cc(C(F)(F)F)n2nc(C(=O)Nc3nn(Cc4ccc(Cl)cc4Cl)cc3Br)c(Cl)c2n1. The molecule has 0 aliphatic heterocycles. The minimum Gasteiger partial charge on any atom is -0.303 e. The topological polar surface area (TPSA) is 77.1 Å². The molecule has 172 valence electrons. The van der Waals surface area contributed by atoms with Crippen LogP contribution in [0.4, 0.5) is 19.0 Å². The third kappa shape index (κ3) is 4.81. The Hall–Kier alpha value is -2.34. The number of alkyl halides is 3. The number of aromatic nitrogens is 5. The molecule has 0 spiro atoms. The van der Waals surface area contributed by atoms with Crippen molar-refractivity contribution in [3.63, 3.8) is 0 Å². The second kappa shape index (κ2) is 8.79. The average molecular weight is 583 g/mol. The van der Waals surface area contributed by atoms with Gasteiger partial charge >= 0.3 is 6.18 Å². The van der Waals surface area contributed by atoms with Gasteiger partial charge in [0.1, 0.15) is 10.7 Å². The third-order valence-electron chi connectivity index (χ3n) is 4.46. The van der Waals surface area contributed by atoms with Gasteiger partial charge in [-0.25, -0.2) is 9.50 Å². The fraction of sp³-hybridized carbons (Fsp3) is 0.158. The summed E-state index contributed by atoms with van der Waals surface area (Å²) in [6.07, 6.45) is -3.13. The summed E-state index contributed by atoms with van der Waals surface area (Å²) in [6.45, 7) is 1.66. The minimum atomic E-state index is -4.72. The summed E-state index contributed by atoms with van der Waals surface area (Å²) in [6, 6.07) is 5.83. The van der Waals surface area contributed by atoms with Crippen molar-refractivity contribution in [1.82, 2.24) is 24.4 Å². The van der Waals surface area contributed by atoms with Gasteiger partial charge in [0, 0.05) is 21.9 Å². The quantitative estimate of drug-likeness (QED) is 0.308. The molecule has 0 radical (unpaired) electrons. The van der Waals surface area contributed by atoms with Crippen molar-refractivity contribution < 1.29 is 18.0 Å². The van der Waals surface area contributed by atoms with E-state index in [2.05, 4.69) is 36.4 Å². The van der Waals surface area contributed by atoms with E-state index in [1.54, 1.807) is 24.4 Å². The molecule has 0 aliphatic carbocycles. The fourth-order valence-corrected chi connectivity index (χ4v) is 4.14. The molecular weight excluding hydrogens is 572 g/mol. The lowest BCUT2D eigenvalue weighted by Gasteiger charge is -2.09. The predicted molar refractivity (Wildman–Crippen MR) is 121 cm³/mol. The summed E-state index contributed by atoms with van der Waals surface area (Å²) in [5.74, 6) is -0.745. The molecule has 4 aromatic rings. The lowest BCUT2D eigenvalue weighted by Crippen LogP contribution is -2.16. The second-order valence-electron chi connectivity index (χ2n) is 6.89. The monoisotopic (exact) mass is 580 g/mol. The molecule has 1 amide bonds. The molecule has 4 rings (SSSR count). The number of halogens is 7. The average Bonchev–Trinajstić information content (AvgIpc) is 3.22. The van der Waals surface area contributed by atoms with E-state index in [0.29, 0.717) is 19.0 Å². The van der Waals surface area contributed by atoms with Crippen molar-refractivity contribution in [1.29, 1.82) is 0 Å². The Labute approximate surface area is 207 Å². The first-order chi connectivity index (χ1) is 15.4. The molecule has 0 atom stereocenters.